The molecule has 0 amide bonds. The van der Waals surface area contributed by atoms with Crippen LogP contribution in [0, 0.1) is 0 Å². The Balaban J connectivity index is 2.04. The molecule has 1 atom stereocenters. The Morgan fingerprint density at radius 1 is 1.64 bits per heavy atom. The minimum absolute atomic E-state index is 0.198. The van der Waals surface area contributed by atoms with E-state index in [2.05, 4.69) is 20.1 Å². The van der Waals surface area contributed by atoms with E-state index in [1.807, 2.05) is 0 Å². The number of ether oxygens (including phenoxy) is 1. The highest BCUT2D eigenvalue weighted by molar-refractivity contribution is 7.05. The molecule has 11 heavy (non-hydrogen) atoms. The molecule has 1 aliphatic heterocycles. The summed E-state index contributed by atoms with van der Waals surface area (Å²) in [5.41, 5.74) is 0. The predicted octanol–water partition coefficient (Wildman–Crippen LogP) is -0.406. The zero-order valence-electron chi connectivity index (χ0n) is 5.86. The van der Waals surface area contributed by atoms with Gasteiger partial charge in [-0.15, -0.1) is 5.10 Å². The summed E-state index contributed by atoms with van der Waals surface area (Å²) in [6.45, 7) is 2.34. The van der Waals surface area contributed by atoms with Crippen LogP contribution in [0.3, 0.4) is 0 Å². The van der Waals surface area contributed by atoms with Crippen LogP contribution < -0.4 is 5.32 Å². The van der Waals surface area contributed by atoms with Crippen molar-refractivity contribution in [3.63, 3.8) is 0 Å². The van der Waals surface area contributed by atoms with E-state index in [1.165, 1.54) is 11.5 Å². The first-order valence-corrected chi connectivity index (χ1v) is 4.20. The highest BCUT2D eigenvalue weighted by Gasteiger charge is 2.18. The van der Waals surface area contributed by atoms with Gasteiger partial charge in [-0.25, -0.2) is 0 Å². The average Bonchev–Trinajstić information content (AvgIpc) is 2.58. The Bertz CT molecular complexity index is 208. The third-order valence-corrected chi connectivity index (χ3v) is 2.24. The maximum atomic E-state index is 5.25. The van der Waals surface area contributed by atoms with E-state index >= 15 is 0 Å². The van der Waals surface area contributed by atoms with Crippen LogP contribution in [0.1, 0.15) is 11.0 Å². The van der Waals surface area contributed by atoms with Crippen molar-refractivity contribution in [2.24, 2.45) is 0 Å². The number of nitrogens with zero attached hydrogens (tertiary/aromatic N) is 3. The lowest BCUT2D eigenvalue weighted by atomic mass is 10.3. The van der Waals surface area contributed by atoms with Gasteiger partial charge < -0.3 is 10.1 Å². The monoisotopic (exact) mass is 172 g/mol. The normalized spacial score (nSPS) is 25.3. The SMILES string of the molecule is C1COCC(c2nnns2)N1. The van der Waals surface area contributed by atoms with Gasteiger partial charge in [0.2, 0.25) is 0 Å². The molecule has 6 heteroatoms. The zero-order valence-corrected chi connectivity index (χ0v) is 6.67. The van der Waals surface area contributed by atoms with Crippen LogP contribution in [0.15, 0.2) is 0 Å². The van der Waals surface area contributed by atoms with Crippen LogP contribution >= 0.6 is 11.5 Å². The van der Waals surface area contributed by atoms with Gasteiger partial charge in [0.05, 0.1) is 19.3 Å². The van der Waals surface area contributed by atoms with E-state index in [0.717, 1.165) is 18.2 Å². The van der Waals surface area contributed by atoms with E-state index in [9.17, 15) is 0 Å². The molecular formula is C5H8N4OS. The van der Waals surface area contributed by atoms with Crippen molar-refractivity contribution in [1.29, 1.82) is 0 Å². The number of nitrogens with one attached hydrogen (secondary N) is 1. The van der Waals surface area contributed by atoms with Gasteiger partial charge in [0.1, 0.15) is 0 Å². The minimum atomic E-state index is 0.198. The summed E-state index contributed by atoms with van der Waals surface area (Å²) in [7, 11) is 0. The molecule has 5 nitrogen and oxygen atoms in total. The fraction of sp³-hybridized carbons (Fsp3) is 0.800. The van der Waals surface area contributed by atoms with E-state index < -0.39 is 0 Å². The fourth-order valence-corrected chi connectivity index (χ4v) is 1.51. The summed E-state index contributed by atoms with van der Waals surface area (Å²) < 4.78 is 8.94. The summed E-state index contributed by atoms with van der Waals surface area (Å²) >= 11 is 1.31. The van der Waals surface area contributed by atoms with E-state index in [1.54, 1.807) is 0 Å². The quantitative estimate of drug-likeness (QED) is 0.624. The van der Waals surface area contributed by atoms with Crippen molar-refractivity contribution in [3.8, 4) is 0 Å². The molecule has 0 bridgehead atoms. The molecular weight excluding hydrogens is 164 g/mol. The van der Waals surface area contributed by atoms with Gasteiger partial charge in [-0.1, -0.05) is 4.49 Å². The lowest BCUT2D eigenvalue weighted by Crippen LogP contribution is -2.34. The van der Waals surface area contributed by atoms with E-state index in [-0.39, 0.29) is 6.04 Å². The highest BCUT2D eigenvalue weighted by atomic mass is 32.1. The van der Waals surface area contributed by atoms with Gasteiger partial charge in [0, 0.05) is 18.1 Å². The summed E-state index contributed by atoms with van der Waals surface area (Å²) in [6, 6.07) is 0.198. The maximum absolute atomic E-state index is 5.25. The molecule has 1 aliphatic rings. The number of rotatable bonds is 1. The van der Waals surface area contributed by atoms with Crippen LogP contribution in [-0.2, 0) is 4.74 Å². The molecule has 0 spiro atoms. The predicted molar refractivity (Wildman–Crippen MR) is 39.3 cm³/mol. The topological polar surface area (TPSA) is 59.9 Å². The number of hydrogen-bond acceptors (Lipinski definition) is 6. The molecule has 1 unspecified atom stereocenters. The van der Waals surface area contributed by atoms with Crippen molar-refractivity contribution in [3.05, 3.63) is 5.01 Å². The van der Waals surface area contributed by atoms with Crippen LogP contribution in [-0.4, -0.2) is 34.6 Å². The van der Waals surface area contributed by atoms with Gasteiger partial charge in [-0.05, 0) is 5.21 Å². The maximum Gasteiger partial charge on any atom is 0.157 e. The molecule has 1 saturated heterocycles. The minimum Gasteiger partial charge on any atom is -0.378 e. The number of morpholine rings is 1. The van der Waals surface area contributed by atoms with Gasteiger partial charge in [0.25, 0.3) is 0 Å². The molecule has 60 valence electrons. The first-order chi connectivity index (χ1) is 5.47. The first-order valence-electron chi connectivity index (χ1n) is 3.43. The van der Waals surface area contributed by atoms with Crippen molar-refractivity contribution in [2.75, 3.05) is 19.8 Å². The lowest BCUT2D eigenvalue weighted by molar-refractivity contribution is 0.0766. The fourth-order valence-electron chi connectivity index (χ4n) is 0.998. The summed E-state index contributed by atoms with van der Waals surface area (Å²) in [5, 5.41) is 11.5. The molecule has 2 heterocycles. The largest absolute Gasteiger partial charge is 0.378 e. The van der Waals surface area contributed by atoms with Gasteiger partial charge in [0.15, 0.2) is 5.01 Å². The smallest absolute Gasteiger partial charge is 0.157 e. The van der Waals surface area contributed by atoms with Crippen molar-refractivity contribution >= 4 is 11.5 Å². The van der Waals surface area contributed by atoms with Crippen LogP contribution in [0.4, 0.5) is 0 Å². The summed E-state index contributed by atoms with van der Waals surface area (Å²) in [5.74, 6) is 0. The van der Waals surface area contributed by atoms with Crippen molar-refractivity contribution in [2.45, 2.75) is 6.04 Å². The lowest BCUT2D eigenvalue weighted by Gasteiger charge is -2.20. The molecule has 0 aliphatic carbocycles. The van der Waals surface area contributed by atoms with E-state index in [0.29, 0.717) is 6.61 Å². The Kier molecular flexibility index (Phi) is 2.06. The standard InChI is InChI=1S/C5H8N4OS/c1-2-10-3-4(6-1)5-7-8-9-11-5/h4,6H,1-3H2. The Morgan fingerprint density at radius 2 is 2.64 bits per heavy atom. The van der Waals surface area contributed by atoms with Gasteiger partial charge in [-0.2, -0.15) is 0 Å². The van der Waals surface area contributed by atoms with Crippen LogP contribution in [0.2, 0.25) is 0 Å². The highest BCUT2D eigenvalue weighted by Crippen LogP contribution is 2.14. The molecule has 2 rings (SSSR count). The second-order valence-electron chi connectivity index (χ2n) is 2.28. The Labute approximate surface area is 67.9 Å². The number of aromatic nitrogens is 3. The van der Waals surface area contributed by atoms with Crippen LogP contribution in [0.25, 0.3) is 0 Å². The Morgan fingerprint density at radius 3 is 3.27 bits per heavy atom. The molecule has 0 saturated carbocycles. The third kappa shape index (κ3) is 1.52. The molecule has 1 fully saturated rings. The zero-order chi connectivity index (χ0) is 7.52. The summed E-state index contributed by atoms with van der Waals surface area (Å²) in [6.07, 6.45) is 0. The number of hydrogen-bond donors (Lipinski definition) is 1. The van der Waals surface area contributed by atoms with E-state index in [4.69, 9.17) is 4.74 Å². The summed E-state index contributed by atoms with van der Waals surface area (Å²) in [4.78, 5) is 0. The second kappa shape index (κ2) is 3.21. The molecule has 1 N–H and O–H groups in total. The third-order valence-electron chi connectivity index (χ3n) is 1.53. The molecule has 1 aromatic heterocycles. The van der Waals surface area contributed by atoms with Gasteiger partial charge >= 0.3 is 0 Å². The molecule has 0 aromatic carbocycles. The first kappa shape index (κ1) is 7.08. The molecule has 1 aromatic rings. The second-order valence-corrected chi connectivity index (χ2v) is 3.05. The van der Waals surface area contributed by atoms with Crippen molar-refractivity contribution in [1.82, 2.24) is 20.1 Å². The molecule has 0 radical (unpaired) electrons. The van der Waals surface area contributed by atoms with Gasteiger partial charge in [-0.3, -0.25) is 0 Å². The average molecular weight is 172 g/mol. The van der Waals surface area contributed by atoms with Crippen molar-refractivity contribution < 1.29 is 4.74 Å². The Hall–Kier alpha value is -0.590. The van der Waals surface area contributed by atoms with Crippen LogP contribution in [0.5, 0.6) is 0 Å².